The molecule has 1 heterocycles. The fourth-order valence-corrected chi connectivity index (χ4v) is 2.79. The summed E-state index contributed by atoms with van der Waals surface area (Å²) in [4.78, 5) is 15.6. The van der Waals surface area contributed by atoms with E-state index < -0.39 is 12.0 Å². The van der Waals surface area contributed by atoms with E-state index in [9.17, 15) is 4.79 Å². The van der Waals surface area contributed by atoms with Crippen molar-refractivity contribution >= 4 is 17.3 Å². The Balaban J connectivity index is 1.93. The van der Waals surface area contributed by atoms with E-state index in [1.54, 1.807) is 11.3 Å². The van der Waals surface area contributed by atoms with Crippen LogP contribution >= 0.6 is 11.3 Å². The van der Waals surface area contributed by atoms with Crippen LogP contribution in [0.4, 0.5) is 0 Å². The Labute approximate surface area is 111 Å². The molecule has 1 atom stereocenters. The second-order valence-electron chi connectivity index (χ2n) is 5.91. The van der Waals surface area contributed by atoms with Crippen LogP contribution in [0.1, 0.15) is 44.3 Å². The van der Waals surface area contributed by atoms with E-state index in [1.165, 1.54) is 0 Å². The number of thiazole rings is 1. The van der Waals surface area contributed by atoms with E-state index in [0.29, 0.717) is 12.5 Å². The second kappa shape index (κ2) is 4.97. The molecule has 1 aliphatic carbocycles. The van der Waals surface area contributed by atoms with Gasteiger partial charge < -0.3 is 5.11 Å². The van der Waals surface area contributed by atoms with E-state index >= 15 is 0 Å². The Morgan fingerprint density at radius 2 is 2.28 bits per heavy atom. The van der Waals surface area contributed by atoms with E-state index in [-0.39, 0.29) is 5.41 Å². The minimum absolute atomic E-state index is 0.0530. The normalized spacial score (nSPS) is 17.7. The van der Waals surface area contributed by atoms with Gasteiger partial charge in [-0.3, -0.25) is 10.1 Å². The van der Waals surface area contributed by atoms with Crippen LogP contribution in [0.3, 0.4) is 0 Å². The lowest BCUT2D eigenvalue weighted by Gasteiger charge is -2.14. The summed E-state index contributed by atoms with van der Waals surface area (Å²) in [6.07, 6.45) is 2.05. The van der Waals surface area contributed by atoms with Crippen molar-refractivity contribution in [2.24, 2.45) is 5.92 Å². The van der Waals surface area contributed by atoms with Gasteiger partial charge in [0.1, 0.15) is 11.0 Å². The topological polar surface area (TPSA) is 62.2 Å². The first-order valence-corrected chi connectivity index (χ1v) is 7.17. The molecule has 1 unspecified atom stereocenters. The number of rotatable bonds is 5. The summed E-state index contributed by atoms with van der Waals surface area (Å²) in [5, 5.41) is 15.3. The zero-order valence-corrected chi connectivity index (χ0v) is 11.9. The molecule has 0 saturated heterocycles. The molecule has 0 aromatic carbocycles. The Hall–Kier alpha value is -0.940. The van der Waals surface area contributed by atoms with Crippen molar-refractivity contribution in [3.05, 3.63) is 16.1 Å². The van der Waals surface area contributed by atoms with Crippen LogP contribution in [-0.4, -0.2) is 22.1 Å². The van der Waals surface area contributed by atoms with Crippen LogP contribution in [0, 0.1) is 5.92 Å². The third-order valence-electron chi connectivity index (χ3n) is 3.15. The molecule has 1 aromatic heterocycles. The maximum absolute atomic E-state index is 11.1. The van der Waals surface area contributed by atoms with Crippen molar-refractivity contribution in [2.45, 2.75) is 51.6 Å². The highest BCUT2D eigenvalue weighted by Crippen LogP contribution is 2.33. The first-order chi connectivity index (χ1) is 8.38. The van der Waals surface area contributed by atoms with Crippen LogP contribution in [-0.2, 0) is 16.8 Å². The summed E-state index contributed by atoms with van der Waals surface area (Å²) in [5.74, 6) is -0.436. The summed E-state index contributed by atoms with van der Waals surface area (Å²) in [6.45, 7) is 6.94. The number of nitrogens with one attached hydrogen (secondary N) is 1. The van der Waals surface area contributed by atoms with Crippen molar-refractivity contribution in [1.29, 1.82) is 0 Å². The molecule has 2 rings (SSSR count). The minimum atomic E-state index is -0.745. The number of hydrogen-bond donors (Lipinski definition) is 2. The zero-order chi connectivity index (χ0) is 13.3. The lowest BCUT2D eigenvalue weighted by Crippen LogP contribution is -2.38. The minimum Gasteiger partial charge on any atom is -0.480 e. The van der Waals surface area contributed by atoms with Crippen LogP contribution < -0.4 is 5.32 Å². The lowest BCUT2D eigenvalue weighted by atomic mass is 9.93. The molecule has 0 aliphatic heterocycles. The van der Waals surface area contributed by atoms with Gasteiger partial charge >= 0.3 is 5.97 Å². The second-order valence-corrected chi connectivity index (χ2v) is 6.85. The fourth-order valence-electron chi connectivity index (χ4n) is 1.82. The van der Waals surface area contributed by atoms with Gasteiger partial charge in [0.25, 0.3) is 0 Å². The van der Waals surface area contributed by atoms with Crippen molar-refractivity contribution in [1.82, 2.24) is 10.3 Å². The van der Waals surface area contributed by atoms with Gasteiger partial charge in [-0.2, -0.15) is 0 Å². The average Bonchev–Trinajstić information content (AvgIpc) is 2.94. The van der Waals surface area contributed by atoms with Crippen molar-refractivity contribution in [2.75, 3.05) is 0 Å². The molecular formula is C13H20N2O2S. The molecule has 2 N–H and O–H groups in total. The van der Waals surface area contributed by atoms with Crippen LogP contribution in [0.5, 0.6) is 0 Å². The van der Waals surface area contributed by atoms with Gasteiger partial charge in [0.15, 0.2) is 0 Å². The van der Waals surface area contributed by atoms with Gasteiger partial charge in [-0.25, -0.2) is 4.98 Å². The SMILES string of the molecule is CC(C)(C)c1csc(CNC(C(=O)O)C2CC2)n1. The number of nitrogens with zero attached hydrogens (tertiary/aromatic N) is 1. The molecule has 1 aromatic rings. The summed E-state index contributed by atoms with van der Waals surface area (Å²) in [6, 6.07) is -0.410. The first kappa shape index (κ1) is 13.5. The maximum Gasteiger partial charge on any atom is 0.320 e. The molecule has 0 bridgehead atoms. The van der Waals surface area contributed by atoms with Gasteiger partial charge in [-0.15, -0.1) is 11.3 Å². The first-order valence-electron chi connectivity index (χ1n) is 6.29. The van der Waals surface area contributed by atoms with Crippen LogP contribution in [0.25, 0.3) is 0 Å². The van der Waals surface area contributed by atoms with Gasteiger partial charge in [0, 0.05) is 17.3 Å². The molecule has 1 aliphatic rings. The molecular weight excluding hydrogens is 248 g/mol. The Morgan fingerprint density at radius 3 is 2.72 bits per heavy atom. The van der Waals surface area contributed by atoms with Crippen molar-refractivity contribution < 1.29 is 9.90 Å². The highest BCUT2D eigenvalue weighted by atomic mass is 32.1. The molecule has 0 radical (unpaired) electrons. The van der Waals surface area contributed by atoms with Gasteiger partial charge in [0.05, 0.1) is 5.69 Å². The van der Waals surface area contributed by atoms with E-state index in [2.05, 4.69) is 36.5 Å². The summed E-state index contributed by atoms with van der Waals surface area (Å²) in [7, 11) is 0. The molecule has 0 spiro atoms. The number of hydrogen-bond acceptors (Lipinski definition) is 4. The predicted octanol–water partition coefficient (Wildman–Crippen LogP) is 2.39. The van der Waals surface area contributed by atoms with Crippen molar-refractivity contribution in [3.63, 3.8) is 0 Å². The fraction of sp³-hybridized carbons (Fsp3) is 0.692. The van der Waals surface area contributed by atoms with E-state index in [1.807, 2.05) is 0 Å². The largest absolute Gasteiger partial charge is 0.480 e. The highest BCUT2D eigenvalue weighted by molar-refractivity contribution is 7.09. The molecule has 4 nitrogen and oxygen atoms in total. The summed E-state index contributed by atoms with van der Waals surface area (Å²) < 4.78 is 0. The molecule has 1 saturated carbocycles. The molecule has 1 fully saturated rings. The smallest absolute Gasteiger partial charge is 0.320 e. The summed E-state index contributed by atoms with van der Waals surface area (Å²) >= 11 is 1.60. The van der Waals surface area contributed by atoms with E-state index in [4.69, 9.17) is 5.11 Å². The molecule has 5 heteroatoms. The third kappa shape index (κ3) is 3.29. The molecule has 100 valence electrons. The average molecular weight is 268 g/mol. The lowest BCUT2D eigenvalue weighted by molar-refractivity contribution is -0.140. The van der Waals surface area contributed by atoms with Gasteiger partial charge in [-0.1, -0.05) is 20.8 Å². The summed E-state index contributed by atoms with van der Waals surface area (Å²) in [5.41, 5.74) is 1.12. The Morgan fingerprint density at radius 1 is 1.61 bits per heavy atom. The third-order valence-corrected chi connectivity index (χ3v) is 4.00. The molecule has 0 amide bonds. The number of carboxylic acids is 1. The Kier molecular flexibility index (Phi) is 3.73. The van der Waals surface area contributed by atoms with Crippen LogP contribution in [0.15, 0.2) is 5.38 Å². The Bertz CT molecular complexity index is 432. The van der Waals surface area contributed by atoms with Crippen LogP contribution in [0.2, 0.25) is 0 Å². The highest BCUT2D eigenvalue weighted by Gasteiger charge is 2.35. The number of aromatic nitrogens is 1. The van der Waals surface area contributed by atoms with E-state index in [0.717, 1.165) is 23.5 Å². The van der Waals surface area contributed by atoms with Gasteiger partial charge in [-0.05, 0) is 18.8 Å². The number of carboxylic acid groups (broad SMARTS) is 1. The molecule has 18 heavy (non-hydrogen) atoms. The zero-order valence-electron chi connectivity index (χ0n) is 11.1. The van der Waals surface area contributed by atoms with Gasteiger partial charge in [0.2, 0.25) is 0 Å². The number of carbonyl (C=O) groups is 1. The monoisotopic (exact) mass is 268 g/mol. The quantitative estimate of drug-likeness (QED) is 0.860. The number of aliphatic carboxylic acids is 1. The standard InChI is InChI=1S/C13H20N2O2S/c1-13(2,3)9-7-18-10(15-9)6-14-11(12(16)17)8-4-5-8/h7-8,11,14H,4-6H2,1-3H3,(H,16,17). The maximum atomic E-state index is 11.1. The predicted molar refractivity (Wildman–Crippen MR) is 71.8 cm³/mol. The van der Waals surface area contributed by atoms with Crippen molar-refractivity contribution in [3.8, 4) is 0 Å².